The highest BCUT2D eigenvalue weighted by atomic mass is 32.1. The molecule has 3 heterocycles. The van der Waals surface area contributed by atoms with Gasteiger partial charge in [0.25, 0.3) is 0 Å². The molecule has 2 aliphatic heterocycles. The molecular weight excluding hydrogens is 338 g/mol. The second-order valence-electron chi connectivity index (χ2n) is 7.50. The van der Waals surface area contributed by atoms with Crippen molar-refractivity contribution >= 4 is 23.2 Å². The molecule has 1 saturated carbocycles. The summed E-state index contributed by atoms with van der Waals surface area (Å²) in [6.07, 6.45) is 2.99. The maximum Gasteiger partial charge on any atom is 0.239 e. The van der Waals surface area contributed by atoms with Crippen LogP contribution in [0.1, 0.15) is 17.7 Å². The molecule has 2 saturated heterocycles. The number of amides is 2. The molecule has 7 heteroatoms. The average molecular weight is 363 g/mol. The summed E-state index contributed by atoms with van der Waals surface area (Å²) in [7, 11) is 1.68. The summed E-state index contributed by atoms with van der Waals surface area (Å²) in [4.78, 5) is 29.8. The zero-order valence-corrected chi connectivity index (χ0v) is 15.4. The van der Waals surface area contributed by atoms with E-state index in [1.807, 2.05) is 22.4 Å². The topological polar surface area (TPSA) is 61.9 Å². The van der Waals surface area contributed by atoms with Gasteiger partial charge in [-0.25, -0.2) is 0 Å². The Morgan fingerprint density at radius 2 is 2.16 bits per heavy atom. The number of nitrogens with one attached hydrogen (secondary N) is 1. The van der Waals surface area contributed by atoms with Crippen LogP contribution in [0.4, 0.5) is 0 Å². The van der Waals surface area contributed by atoms with Crippen LogP contribution >= 0.6 is 11.3 Å². The lowest BCUT2D eigenvalue weighted by molar-refractivity contribution is -0.204. The smallest absolute Gasteiger partial charge is 0.239 e. The van der Waals surface area contributed by atoms with E-state index >= 15 is 0 Å². The lowest BCUT2D eigenvalue weighted by Gasteiger charge is -2.55. The summed E-state index contributed by atoms with van der Waals surface area (Å²) in [6, 6.07) is 3.77. The highest BCUT2D eigenvalue weighted by Gasteiger charge is 2.52. The Morgan fingerprint density at radius 3 is 2.80 bits per heavy atom. The molecule has 1 N–H and O–H groups in total. The van der Waals surface area contributed by atoms with Crippen LogP contribution in [0.15, 0.2) is 17.5 Å². The molecule has 2 amide bonds. The van der Waals surface area contributed by atoms with Crippen molar-refractivity contribution in [3.63, 3.8) is 0 Å². The normalized spacial score (nSPS) is 25.6. The van der Waals surface area contributed by atoms with Gasteiger partial charge in [0.15, 0.2) is 0 Å². The zero-order valence-electron chi connectivity index (χ0n) is 14.6. The summed E-state index contributed by atoms with van der Waals surface area (Å²) in [5, 5.41) is 4.75. The Labute approximate surface area is 152 Å². The number of likely N-dealkylation sites (N-methyl/N-ethyl adjacent to an activating group) is 1. The van der Waals surface area contributed by atoms with Crippen LogP contribution in [0.3, 0.4) is 0 Å². The first-order valence-electron chi connectivity index (χ1n) is 8.98. The molecule has 1 spiro atoms. The van der Waals surface area contributed by atoms with Gasteiger partial charge in [-0.1, -0.05) is 6.07 Å². The number of hydrogen-bond donors (Lipinski definition) is 1. The van der Waals surface area contributed by atoms with E-state index in [4.69, 9.17) is 4.74 Å². The minimum absolute atomic E-state index is 0.0282. The quantitative estimate of drug-likeness (QED) is 0.838. The third-order valence-electron chi connectivity index (χ3n) is 5.43. The van der Waals surface area contributed by atoms with Crippen molar-refractivity contribution in [2.24, 2.45) is 5.92 Å². The molecule has 1 atom stereocenters. The third kappa shape index (κ3) is 3.59. The second kappa shape index (κ2) is 6.70. The van der Waals surface area contributed by atoms with Gasteiger partial charge in [0.2, 0.25) is 11.8 Å². The fourth-order valence-electron chi connectivity index (χ4n) is 3.81. The molecule has 6 nitrogen and oxygen atoms in total. The lowest BCUT2D eigenvalue weighted by atomic mass is 9.89. The molecule has 0 radical (unpaired) electrons. The van der Waals surface area contributed by atoms with Gasteiger partial charge in [0.05, 0.1) is 26.1 Å². The molecule has 4 rings (SSSR count). The number of ether oxygens (including phenoxy) is 1. The second-order valence-corrected chi connectivity index (χ2v) is 8.54. The number of carbonyl (C=O) groups excluding carboxylic acids is 2. The lowest BCUT2D eigenvalue weighted by Crippen LogP contribution is -2.73. The molecule has 1 unspecified atom stereocenters. The van der Waals surface area contributed by atoms with Crippen molar-refractivity contribution in [3.05, 3.63) is 22.4 Å². The zero-order chi connectivity index (χ0) is 17.4. The van der Waals surface area contributed by atoms with Crippen LogP contribution < -0.4 is 5.32 Å². The van der Waals surface area contributed by atoms with Gasteiger partial charge in [-0.15, -0.1) is 11.3 Å². The molecular formula is C18H25N3O3S. The van der Waals surface area contributed by atoms with Crippen molar-refractivity contribution < 1.29 is 14.3 Å². The Morgan fingerprint density at radius 1 is 1.36 bits per heavy atom. The molecule has 1 aromatic heterocycles. The maximum absolute atomic E-state index is 12.4. The van der Waals surface area contributed by atoms with Gasteiger partial charge in [-0.2, -0.15) is 0 Å². The fourth-order valence-corrected chi connectivity index (χ4v) is 4.51. The van der Waals surface area contributed by atoms with Crippen LogP contribution in [0, 0.1) is 5.92 Å². The van der Waals surface area contributed by atoms with Crippen molar-refractivity contribution in [2.75, 3.05) is 39.8 Å². The van der Waals surface area contributed by atoms with E-state index < -0.39 is 0 Å². The van der Waals surface area contributed by atoms with Gasteiger partial charge < -0.3 is 15.0 Å². The molecule has 1 aromatic rings. The van der Waals surface area contributed by atoms with Gasteiger partial charge in [-0.3, -0.25) is 14.5 Å². The number of carbonyl (C=O) groups is 2. The largest absolute Gasteiger partial charge is 0.368 e. The Hall–Kier alpha value is -1.44. The van der Waals surface area contributed by atoms with Crippen LogP contribution in [-0.2, 0) is 20.7 Å². The SMILES string of the molecule is CNC(=O)C1COC2(CN(C(=O)Cc3cccs3)C2)CN1CC1CC1. The van der Waals surface area contributed by atoms with Gasteiger partial charge >= 0.3 is 0 Å². The van der Waals surface area contributed by atoms with Crippen molar-refractivity contribution in [3.8, 4) is 0 Å². The Balaban J connectivity index is 1.35. The minimum atomic E-state index is -0.287. The fraction of sp³-hybridized carbons (Fsp3) is 0.667. The molecule has 136 valence electrons. The number of thiophene rings is 1. The molecule has 1 aliphatic carbocycles. The highest BCUT2D eigenvalue weighted by Crippen LogP contribution is 2.36. The molecule has 3 aliphatic rings. The Bertz CT molecular complexity index is 638. The summed E-state index contributed by atoms with van der Waals surface area (Å²) < 4.78 is 6.09. The first-order chi connectivity index (χ1) is 12.1. The minimum Gasteiger partial charge on any atom is -0.368 e. The van der Waals surface area contributed by atoms with E-state index in [0.29, 0.717) is 26.1 Å². The average Bonchev–Trinajstić information content (AvgIpc) is 3.24. The van der Waals surface area contributed by atoms with Crippen LogP contribution in [0.2, 0.25) is 0 Å². The highest BCUT2D eigenvalue weighted by molar-refractivity contribution is 7.10. The van der Waals surface area contributed by atoms with E-state index in [9.17, 15) is 9.59 Å². The molecule has 0 bridgehead atoms. The predicted octanol–water partition coefficient (Wildman–Crippen LogP) is 0.728. The van der Waals surface area contributed by atoms with Crippen molar-refractivity contribution in [1.82, 2.24) is 15.1 Å². The summed E-state index contributed by atoms with van der Waals surface area (Å²) in [6.45, 7) is 3.40. The predicted molar refractivity (Wildman–Crippen MR) is 95.4 cm³/mol. The van der Waals surface area contributed by atoms with Gasteiger partial charge in [-0.05, 0) is 30.2 Å². The monoisotopic (exact) mass is 363 g/mol. The Kier molecular flexibility index (Phi) is 4.56. The maximum atomic E-state index is 12.4. The van der Waals surface area contributed by atoms with E-state index in [0.717, 1.165) is 23.9 Å². The van der Waals surface area contributed by atoms with Gasteiger partial charge in [0, 0.05) is 25.0 Å². The first kappa shape index (κ1) is 17.0. The van der Waals surface area contributed by atoms with Crippen molar-refractivity contribution in [1.29, 1.82) is 0 Å². The third-order valence-corrected chi connectivity index (χ3v) is 6.31. The number of likely N-dealkylation sites (tertiary alicyclic amines) is 1. The van der Waals surface area contributed by atoms with Gasteiger partial charge in [0.1, 0.15) is 11.6 Å². The molecule has 3 fully saturated rings. The van der Waals surface area contributed by atoms with Crippen molar-refractivity contribution in [2.45, 2.75) is 30.9 Å². The van der Waals surface area contributed by atoms with E-state index in [1.54, 1.807) is 18.4 Å². The van der Waals surface area contributed by atoms with E-state index in [-0.39, 0.29) is 23.5 Å². The molecule has 0 aromatic carbocycles. The van der Waals surface area contributed by atoms with E-state index in [1.165, 1.54) is 12.8 Å². The summed E-state index contributed by atoms with van der Waals surface area (Å²) in [5.41, 5.74) is -0.287. The summed E-state index contributed by atoms with van der Waals surface area (Å²) >= 11 is 1.62. The van der Waals surface area contributed by atoms with Crippen LogP contribution in [0.25, 0.3) is 0 Å². The van der Waals surface area contributed by atoms with Crippen LogP contribution in [0.5, 0.6) is 0 Å². The number of rotatable bonds is 5. The standard InChI is InChI=1S/C18H25N3O3S/c1-19-17(23)15-9-24-18(10-20(15)8-13-4-5-13)11-21(12-18)16(22)7-14-3-2-6-25-14/h2-3,6,13,15H,4-5,7-12H2,1H3,(H,19,23). The first-order valence-corrected chi connectivity index (χ1v) is 9.86. The van der Waals surface area contributed by atoms with E-state index in [2.05, 4.69) is 10.2 Å². The number of hydrogen-bond acceptors (Lipinski definition) is 5. The molecule has 25 heavy (non-hydrogen) atoms. The van der Waals surface area contributed by atoms with Crippen LogP contribution in [-0.4, -0.2) is 73.1 Å². The number of nitrogens with zero attached hydrogens (tertiary/aromatic N) is 2. The summed E-state index contributed by atoms with van der Waals surface area (Å²) in [5.74, 6) is 0.915. The number of morpholine rings is 1.